The third kappa shape index (κ3) is 3.85. The van der Waals surface area contributed by atoms with E-state index in [1.54, 1.807) is 7.05 Å². The number of ether oxygens (including phenoxy) is 1. The number of nitrogens with one attached hydrogen (secondary N) is 2. The molecule has 0 saturated carbocycles. The molecule has 1 aliphatic heterocycles. The molecular weight excluding hydrogens is 184 g/mol. The normalized spacial score (nSPS) is 20.8. The summed E-state index contributed by atoms with van der Waals surface area (Å²) >= 11 is 0. The summed E-state index contributed by atoms with van der Waals surface area (Å²) in [6, 6.07) is 0. The van der Waals surface area contributed by atoms with E-state index in [0.29, 0.717) is 0 Å². The average molecular weight is 200 g/mol. The Kier molecular flexibility index (Phi) is 4.55. The molecule has 0 bridgehead atoms. The van der Waals surface area contributed by atoms with Crippen LogP contribution in [0.3, 0.4) is 0 Å². The summed E-state index contributed by atoms with van der Waals surface area (Å²) in [5, 5.41) is 4.96. The summed E-state index contributed by atoms with van der Waals surface area (Å²) in [7, 11) is 1.66. The van der Waals surface area contributed by atoms with Gasteiger partial charge in [-0.05, 0) is 19.9 Å². The minimum Gasteiger partial charge on any atom is -0.378 e. The molecule has 0 aromatic rings. The molecule has 0 spiro atoms. The first kappa shape index (κ1) is 11.1. The molecule has 0 aliphatic carbocycles. The summed E-state index contributed by atoms with van der Waals surface area (Å²) in [6.07, 6.45) is 2.20. The second-order valence-corrected chi connectivity index (χ2v) is 3.34. The zero-order valence-corrected chi connectivity index (χ0v) is 8.34. The molecule has 2 N–H and O–H groups in total. The van der Waals surface area contributed by atoms with Crippen molar-refractivity contribution in [3.8, 4) is 0 Å². The van der Waals surface area contributed by atoms with Gasteiger partial charge in [-0.1, -0.05) is 0 Å². The summed E-state index contributed by atoms with van der Waals surface area (Å²) < 4.78 is 5.28. The predicted molar refractivity (Wildman–Crippen MR) is 50.7 cm³/mol. The number of rotatable bonds is 4. The Labute approximate surface area is 83.2 Å². The average Bonchev–Trinajstić information content (AvgIpc) is 2.56. The van der Waals surface area contributed by atoms with Gasteiger partial charge in [0.05, 0.1) is 19.1 Å². The van der Waals surface area contributed by atoms with Gasteiger partial charge in [0.25, 0.3) is 0 Å². The molecule has 0 aromatic carbocycles. The molecule has 1 unspecified atom stereocenters. The van der Waals surface area contributed by atoms with E-state index >= 15 is 0 Å². The molecule has 80 valence electrons. The second-order valence-electron chi connectivity index (χ2n) is 3.34. The first-order valence-electron chi connectivity index (χ1n) is 4.81. The molecule has 14 heavy (non-hydrogen) atoms. The van der Waals surface area contributed by atoms with E-state index in [-0.39, 0.29) is 30.9 Å². The largest absolute Gasteiger partial charge is 0.378 e. The van der Waals surface area contributed by atoms with Crippen LogP contribution < -0.4 is 10.6 Å². The van der Waals surface area contributed by atoms with Crippen molar-refractivity contribution in [2.24, 2.45) is 0 Å². The summed E-state index contributed by atoms with van der Waals surface area (Å²) in [4.78, 5) is 22.2. The number of imide groups is 1. The standard InChI is InChI=1S/C9H16N2O3/c1-10-6-9(13)11-8(12)5-7-3-2-4-14-7/h7,10H,2-6H2,1H3,(H,11,12,13). The number of hydrogen-bond donors (Lipinski definition) is 2. The van der Waals surface area contributed by atoms with Crippen LogP contribution in [0, 0.1) is 0 Å². The van der Waals surface area contributed by atoms with Crippen molar-refractivity contribution in [2.75, 3.05) is 20.2 Å². The fraction of sp³-hybridized carbons (Fsp3) is 0.778. The highest BCUT2D eigenvalue weighted by atomic mass is 16.5. The molecule has 0 radical (unpaired) electrons. The van der Waals surface area contributed by atoms with Crippen molar-refractivity contribution >= 4 is 11.8 Å². The van der Waals surface area contributed by atoms with Gasteiger partial charge in [0.2, 0.25) is 11.8 Å². The highest BCUT2D eigenvalue weighted by molar-refractivity contribution is 5.96. The summed E-state index contributed by atoms with van der Waals surface area (Å²) in [5.41, 5.74) is 0. The SMILES string of the molecule is CNCC(=O)NC(=O)CC1CCCO1. The summed E-state index contributed by atoms with van der Waals surface area (Å²) in [6.45, 7) is 0.889. The summed E-state index contributed by atoms with van der Waals surface area (Å²) in [5.74, 6) is -0.548. The van der Waals surface area contributed by atoms with E-state index in [2.05, 4.69) is 10.6 Å². The predicted octanol–water partition coefficient (Wildman–Crippen LogP) is -0.582. The van der Waals surface area contributed by atoms with Crippen LogP contribution >= 0.6 is 0 Å². The minimum atomic E-state index is -0.296. The molecule has 1 fully saturated rings. The van der Waals surface area contributed by atoms with Crippen LogP contribution in [-0.4, -0.2) is 38.1 Å². The van der Waals surface area contributed by atoms with E-state index in [1.165, 1.54) is 0 Å². The van der Waals surface area contributed by atoms with Crippen molar-refractivity contribution in [3.05, 3.63) is 0 Å². The van der Waals surface area contributed by atoms with Crippen LogP contribution in [0.5, 0.6) is 0 Å². The molecule has 1 rings (SSSR count). The lowest BCUT2D eigenvalue weighted by atomic mass is 10.2. The fourth-order valence-corrected chi connectivity index (χ4v) is 1.42. The lowest BCUT2D eigenvalue weighted by Gasteiger charge is -2.08. The molecule has 0 aromatic heterocycles. The van der Waals surface area contributed by atoms with Crippen LogP contribution in [0.1, 0.15) is 19.3 Å². The molecule has 1 saturated heterocycles. The Morgan fingerprint density at radius 1 is 1.43 bits per heavy atom. The van der Waals surface area contributed by atoms with Crippen LogP contribution in [0.2, 0.25) is 0 Å². The van der Waals surface area contributed by atoms with Crippen molar-refractivity contribution < 1.29 is 14.3 Å². The van der Waals surface area contributed by atoms with Crippen molar-refractivity contribution in [1.82, 2.24) is 10.6 Å². The van der Waals surface area contributed by atoms with Gasteiger partial charge in [-0.3, -0.25) is 14.9 Å². The topological polar surface area (TPSA) is 67.4 Å². The number of likely N-dealkylation sites (N-methyl/N-ethyl adjacent to an activating group) is 1. The van der Waals surface area contributed by atoms with Gasteiger partial charge in [-0.2, -0.15) is 0 Å². The quantitative estimate of drug-likeness (QED) is 0.637. The van der Waals surface area contributed by atoms with E-state index in [1.807, 2.05) is 0 Å². The first-order valence-corrected chi connectivity index (χ1v) is 4.81. The monoisotopic (exact) mass is 200 g/mol. The van der Waals surface area contributed by atoms with Crippen LogP contribution in [0.25, 0.3) is 0 Å². The third-order valence-corrected chi connectivity index (χ3v) is 2.05. The lowest BCUT2D eigenvalue weighted by molar-refractivity contribution is -0.131. The molecule has 5 heteroatoms. The Morgan fingerprint density at radius 2 is 2.21 bits per heavy atom. The number of amides is 2. The molecule has 5 nitrogen and oxygen atoms in total. The lowest BCUT2D eigenvalue weighted by Crippen LogP contribution is -2.37. The Hall–Kier alpha value is -0.940. The Morgan fingerprint density at radius 3 is 2.79 bits per heavy atom. The van der Waals surface area contributed by atoms with Gasteiger partial charge in [-0.15, -0.1) is 0 Å². The van der Waals surface area contributed by atoms with Crippen molar-refractivity contribution in [3.63, 3.8) is 0 Å². The Bertz CT molecular complexity index is 212. The zero-order valence-electron chi connectivity index (χ0n) is 8.34. The first-order chi connectivity index (χ1) is 6.72. The molecular formula is C9H16N2O3. The maximum atomic E-state index is 11.2. The van der Waals surface area contributed by atoms with E-state index in [0.717, 1.165) is 19.4 Å². The molecule has 1 aliphatic rings. The highest BCUT2D eigenvalue weighted by Crippen LogP contribution is 2.14. The number of carbonyl (C=O) groups is 2. The van der Waals surface area contributed by atoms with Gasteiger partial charge < -0.3 is 10.1 Å². The smallest absolute Gasteiger partial charge is 0.240 e. The maximum Gasteiger partial charge on any atom is 0.240 e. The molecule has 2 amide bonds. The zero-order chi connectivity index (χ0) is 10.4. The van der Waals surface area contributed by atoms with Gasteiger partial charge in [0, 0.05) is 6.61 Å². The van der Waals surface area contributed by atoms with E-state index in [4.69, 9.17) is 4.74 Å². The highest BCUT2D eigenvalue weighted by Gasteiger charge is 2.19. The van der Waals surface area contributed by atoms with E-state index < -0.39 is 0 Å². The maximum absolute atomic E-state index is 11.2. The van der Waals surface area contributed by atoms with Crippen LogP contribution in [0.15, 0.2) is 0 Å². The van der Waals surface area contributed by atoms with Crippen LogP contribution in [0.4, 0.5) is 0 Å². The van der Waals surface area contributed by atoms with Gasteiger partial charge >= 0.3 is 0 Å². The van der Waals surface area contributed by atoms with Gasteiger partial charge in [-0.25, -0.2) is 0 Å². The fourth-order valence-electron chi connectivity index (χ4n) is 1.42. The van der Waals surface area contributed by atoms with E-state index in [9.17, 15) is 9.59 Å². The van der Waals surface area contributed by atoms with Gasteiger partial charge in [0.15, 0.2) is 0 Å². The Balaban J connectivity index is 2.17. The number of hydrogen-bond acceptors (Lipinski definition) is 4. The number of carbonyl (C=O) groups excluding carboxylic acids is 2. The third-order valence-electron chi connectivity index (χ3n) is 2.05. The minimum absolute atomic E-state index is 0.00242. The van der Waals surface area contributed by atoms with Crippen molar-refractivity contribution in [1.29, 1.82) is 0 Å². The van der Waals surface area contributed by atoms with Crippen LogP contribution in [-0.2, 0) is 14.3 Å². The second kappa shape index (κ2) is 5.72. The van der Waals surface area contributed by atoms with Gasteiger partial charge in [0.1, 0.15) is 0 Å². The molecule has 1 heterocycles. The molecule has 1 atom stereocenters. The van der Waals surface area contributed by atoms with Crippen molar-refractivity contribution in [2.45, 2.75) is 25.4 Å².